The summed E-state index contributed by atoms with van der Waals surface area (Å²) in [6.45, 7) is 9.16. The molecular weight excluding hydrogens is 328 g/mol. The maximum atomic E-state index is 13.1. The van der Waals surface area contributed by atoms with Gasteiger partial charge in [0.05, 0.1) is 18.6 Å². The summed E-state index contributed by atoms with van der Waals surface area (Å²) >= 11 is 0. The quantitative estimate of drug-likeness (QED) is 0.614. The lowest BCUT2D eigenvalue weighted by Crippen LogP contribution is -2.60. The van der Waals surface area contributed by atoms with Crippen LogP contribution in [0.5, 0.6) is 0 Å². The minimum absolute atomic E-state index is 0.00276. The van der Waals surface area contributed by atoms with Gasteiger partial charge in [0, 0.05) is 0 Å². The van der Waals surface area contributed by atoms with E-state index < -0.39 is 17.8 Å². The van der Waals surface area contributed by atoms with E-state index in [9.17, 15) is 9.90 Å². The number of ether oxygens (including phenoxy) is 2. The Bertz CT molecular complexity index is 674. The monoisotopic (exact) mass is 358 g/mol. The third-order valence-electron chi connectivity index (χ3n) is 7.22. The number of allylic oxidation sites excluding steroid dienone is 3. The fourth-order valence-electron chi connectivity index (χ4n) is 5.87. The second kappa shape index (κ2) is 6.35. The molecule has 2 saturated carbocycles. The molecule has 5 atom stereocenters. The molecule has 0 unspecified atom stereocenters. The fraction of sp³-hybridized carbons (Fsp3) is 0.682. The molecule has 4 rings (SSSR count). The molecule has 1 spiro atoms. The Morgan fingerprint density at radius 3 is 2.88 bits per heavy atom. The molecule has 1 heterocycles. The van der Waals surface area contributed by atoms with Crippen molar-refractivity contribution >= 4 is 5.97 Å². The fourth-order valence-corrected chi connectivity index (χ4v) is 5.87. The van der Waals surface area contributed by atoms with E-state index in [-0.39, 0.29) is 23.2 Å². The molecule has 0 aromatic carbocycles. The van der Waals surface area contributed by atoms with E-state index in [1.165, 1.54) is 5.57 Å². The summed E-state index contributed by atoms with van der Waals surface area (Å²) in [7, 11) is 0. The predicted octanol–water partition coefficient (Wildman–Crippen LogP) is 3.91. The number of esters is 1. The summed E-state index contributed by atoms with van der Waals surface area (Å²) in [5.74, 6) is -0.425. The predicted molar refractivity (Wildman–Crippen MR) is 99.1 cm³/mol. The first-order chi connectivity index (χ1) is 12.4. The van der Waals surface area contributed by atoms with E-state index in [0.717, 1.165) is 37.7 Å². The van der Waals surface area contributed by atoms with Crippen LogP contribution in [0.2, 0.25) is 0 Å². The van der Waals surface area contributed by atoms with Crippen LogP contribution >= 0.6 is 0 Å². The molecule has 0 radical (unpaired) electrons. The maximum Gasteiger partial charge on any atom is 0.318 e. The van der Waals surface area contributed by atoms with Crippen LogP contribution in [0, 0.1) is 22.7 Å². The van der Waals surface area contributed by atoms with Gasteiger partial charge in [0.1, 0.15) is 5.41 Å². The van der Waals surface area contributed by atoms with Crippen LogP contribution in [-0.4, -0.2) is 30.1 Å². The van der Waals surface area contributed by atoms with Gasteiger partial charge < -0.3 is 14.6 Å². The second-order valence-corrected chi connectivity index (χ2v) is 9.08. The van der Waals surface area contributed by atoms with Crippen molar-refractivity contribution in [1.29, 1.82) is 0 Å². The Kier molecular flexibility index (Phi) is 4.39. The van der Waals surface area contributed by atoms with Gasteiger partial charge in [-0.2, -0.15) is 0 Å². The van der Waals surface area contributed by atoms with E-state index in [1.807, 2.05) is 6.08 Å². The van der Waals surface area contributed by atoms with Crippen molar-refractivity contribution in [2.24, 2.45) is 22.7 Å². The van der Waals surface area contributed by atoms with Crippen molar-refractivity contribution in [2.75, 3.05) is 6.61 Å². The number of carbonyl (C=O) groups is 1. The highest BCUT2D eigenvalue weighted by molar-refractivity contribution is 5.82. The Balaban J connectivity index is 1.64. The third kappa shape index (κ3) is 2.53. The molecule has 0 aromatic heterocycles. The van der Waals surface area contributed by atoms with Gasteiger partial charge in [0.15, 0.2) is 0 Å². The molecule has 4 nitrogen and oxygen atoms in total. The van der Waals surface area contributed by atoms with Gasteiger partial charge in [-0.05, 0) is 55.4 Å². The Morgan fingerprint density at radius 1 is 1.35 bits per heavy atom. The van der Waals surface area contributed by atoms with Gasteiger partial charge in [-0.15, -0.1) is 0 Å². The zero-order valence-corrected chi connectivity index (χ0v) is 15.9. The topological polar surface area (TPSA) is 55.8 Å². The van der Waals surface area contributed by atoms with E-state index in [0.29, 0.717) is 13.0 Å². The molecule has 26 heavy (non-hydrogen) atoms. The summed E-state index contributed by atoms with van der Waals surface area (Å²) in [5.41, 5.74) is 1.32. The largest absolute Gasteiger partial charge is 0.435 e. The zero-order chi connectivity index (χ0) is 18.5. The highest BCUT2D eigenvalue weighted by Crippen LogP contribution is 2.65. The van der Waals surface area contributed by atoms with Crippen LogP contribution in [0.4, 0.5) is 0 Å². The maximum absolute atomic E-state index is 13.1. The Hall–Kier alpha value is -1.39. The standard InChI is InChI=1S/C22H30O4/c1-14-9-10-16-21(2,3)12-11-17(23)22(16)18(14)19(26-20(22)24)25-13-15-7-5-4-6-8-15/h4-5,7,16-19,23H,1,6,8-13H2,2-3H3/t16-,17+,18+,19-,22-/m0/s1. The van der Waals surface area contributed by atoms with Gasteiger partial charge in [-0.1, -0.05) is 44.2 Å². The second-order valence-electron chi connectivity index (χ2n) is 9.08. The van der Waals surface area contributed by atoms with Crippen molar-refractivity contribution in [3.05, 3.63) is 36.0 Å². The van der Waals surface area contributed by atoms with Gasteiger partial charge in [-0.25, -0.2) is 0 Å². The molecule has 1 aliphatic heterocycles. The lowest BCUT2D eigenvalue weighted by Gasteiger charge is -2.56. The lowest BCUT2D eigenvalue weighted by molar-refractivity contribution is -0.176. The van der Waals surface area contributed by atoms with E-state index in [2.05, 4.69) is 32.6 Å². The summed E-state index contributed by atoms with van der Waals surface area (Å²) < 4.78 is 11.9. The number of aliphatic hydroxyl groups excluding tert-OH is 1. The molecule has 0 aromatic rings. The first-order valence-corrected chi connectivity index (χ1v) is 9.90. The average molecular weight is 358 g/mol. The van der Waals surface area contributed by atoms with Crippen molar-refractivity contribution in [3.63, 3.8) is 0 Å². The zero-order valence-electron chi connectivity index (χ0n) is 15.9. The molecule has 4 aliphatic rings. The molecule has 3 fully saturated rings. The third-order valence-corrected chi connectivity index (χ3v) is 7.22. The number of hydrogen-bond acceptors (Lipinski definition) is 4. The highest BCUT2D eigenvalue weighted by atomic mass is 16.7. The molecule has 4 heteroatoms. The first-order valence-electron chi connectivity index (χ1n) is 9.90. The average Bonchev–Trinajstić information content (AvgIpc) is 2.92. The normalized spacial score (nSPS) is 41.3. The number of aliphatic hydroxyl groups is 1. The molecule has 0 amide bonds. The summed E-state index contributed by atoms with van der Waals surface area (Å²) in [6, 6.07) is 0. The van der Waals surface area contributed by atoms with Gasteiger partial charge >= 0.3 is 5.97 Å². The highest BCUT2D eigenvalue weighted by Gasteiger charge is 2.71. The molecule has 142 valence electrons. The molecule has 1 N–H and O–H groups in total. The smallest absolute Gasteiger partial charge is 0.318 e. The van der Waals surface area contributed by atoms with Crippen LogP contribution in [0.3, 0.4) is 0 Å². The van der Waals surface area contributed by atoms with Crippen LogP contribution < -0.4 is 0 Å². The number of hydrogen-bond donors (Lipinski definition) is 1. The Labute approximate surface area is 155 Å². The van der Waals surface area contributed by atoms with Gasteiger partial charge in [0.25, 0.3) is 0 Å². The van der Waals surface area contributed by atoms with Crippen LogP contribution in [0.1, 0.15) is 52.4 Å². The minimum Gasteiger partial charge on any atom is -0.435 e. The number of cyclic esters (lactones) is 1. The van der Waals surface area contributed by atoms with Crippen molar-refractivity contribution < 1.29 is 19.4 Å². The van der Waals surface area contributed by atoms with E-state index in [4.69, 9.17) is 9.47 Å². The molecular formula is C22H30O4. The number of rotatable bonds is 3. The number of carbonyl (C=O) groups excluding carboxylic acids is 1. The minimum atomic E-state index is -0.886. The van der Waals surface area contributed by atoms with Crippen molar-refractivity contribution in [1.82, 2.24) is 0 Å². The van der Waals surface area contributed by atoms with Crippen LogP contribution in [0.25, 0.3) is 0 Å². The molecule has 3 aliphatic carbocycles. The van der Waals surface area contributed by atoms with E-state index >= 15 is 0 Å². The van der Waals surface area contributed by atoms with E-state index in [1.54, 1.807) is 0 Å². The Morgan fingerprint density at radius 2 is 2.15 bits per heavy atom. The summed E-state index contributed by atoms with van der Waals surface area (Å²) in [4.78, 5) is 13.1. The van der Waals surface area contributed by atoms with Crippen LogP contribution in [0.15, 0.2) is 36.0 Å². The van der Waals surface area contributed by atoms with Gasteiger partial charge in [-0.3, -0.25) is 4.79 Å². The molecule has 1 saturated heterocycles. The SMILES string of the molecule is C=C1CC[C@H]2C(C)(C)CC[C@@H](O)[C@@]23C(=O)O[C@H](OCC2=CC=CCC2)[C@@H]13. The molecule has 0 bridgehead atoms. The summed E-state index contributed by atoms with van der Waals surface area (Å²) in [5, 5.41) is 11.0. The first kappa shape index (κ1) is 18.0. The van der Waals surface area contributed by atoms with Crippen molar-refractivity contribution in [2.45, 2.75) is 64.8 Å². The lowest BCUT2D eigenvalue weighted by atomic mass is 9.46. The van der Waals surface area contributed by atoms with Gasteiger partial charge in [0.2, 0.25) is 6.29 Å². The van der Waals surface area contributed by atoms with Crippen molar-refractivity contribution in [3.8, 4) is 0 Å². The summed E-state index contributed by atoms with van der Waals surface area (Å²) in [6.07, 6.45) is 10.3. The van der Waals surface area contributed by atoms with Crippen LogP contribution in [-0.2, 0) is 14.3 Å².